The van der Waals surface area contributed by atoms with E-state index < -0.39 is 97.5 Å². The number of hydrogen-bond donors (Lipinski definition) is 3. The van der Waals surface area contributed by atoms with E-state index in [0.29, 0.717) is 25.7 Å². The molecule has 0 aliphatic carbocycles. The molecular formula is C89H174O17P2. The SMILES string of the molecule is CCCCCCCCCCCCCCCCCCCCCCCCC(=O)O[C@H](COC(=O)CCCCCCCCCCCCCCCCC(C)CC)COP(=O)(O)OC[C@@H](O)COP(=O)(O)OC[C@@H](COC(=O)CCCCCCCCCCC(C)C)OC(=O)CCCCCCCCCCCCCCCCCCC. The summed E-state index contributed by atoms with van der Waals surface area (Å²) in [5.41, 5.74) is 0. The van der Waals surface area contributed by atoms with Crippen LogP contribution in [0.4, 0.5) is 0 Å². The molecule has 0 spiro atoms. The highest BCUT2D eigenvalue weighted by molar-refractivity contribution is 7.47. The van der Waals surface area contributed by atoms with Gasteiger partial charge in [-0.25, -0.2) is 9.13 Å². The summed E-state index contributed by atoms with van der Waals surface area (Å²) in [5.74, 6) is -0.523. The molecular weight excluding hydrogens is 1400 g/mol. The fourth-order valence-corrected chi connectivity index (χ4v) is 15.5. The van der Waals surface area contributed by atoms with Crippen LogP contribution in [-0.4, -0.2) is 96.7 Å². The van der Waals surface area contributed by atoms with Gasteiger partial charge in [-0.1, -0.05) is 427 Å². The van der Waals surface area contributed by atoms with Gasteiger partial charge in [0, 0.05) is 25.7 Å². The lowest BCUT2D eigenvalue weighted by Crippen LogP contribution is -2.30. The maximum atomic E-state index is 13.2. The van der Waals surface area contributed by atoms with Crippen molar-refractivity contribution in [1.29, 1.82) is 0 Å². The number of carbonyl (C=O) groups is 4. The first-order valence-electron chi connectivity index (χ1n) is 46.0. The molecule has 0 rings (SSSR count). The average molecular weight is 1580 g/mol. The molecule has 0 saturated carbocycles. The zero-order chi connectivity index (χ0) is 79.2. The second-order valence-electron chi connectivity index (χ2n) is 32.7. The van der Waals surface area contributed by atoms with Crippen molar-refractivity contribution < 1.29 is 80.2 Å². The lowest BCUT2D eigenvalue weighted by molar-refractivity contribution is -0.161. The molecule has 3 unspecified atom stereocenters. The van der Waals surface area contributed by atoms with Crippen molar-refractivity contribution in [2.45, 2.75) is 496 Å². The Balaban J connectivity index is 5.23. The van der Waals surface area contributed by atoms with Crippen LogP contribution in [0.2, 0.25) is 0 Å². The minimum Gasteiger partial charge on any atom is -0.462 e. The average Bonchev–Trinajstić information content (AvgIpc) is 0.900. The van der Waals surface area contributed by atoms with E-state index in [1.54, 1.807) is 0 Å². The van der Waals surface area contributed by atoms with Crippen molar-refractivity contribution >= 4 is 39.5 Å². The molecule has 0 heterocycles. The van der Waals surface area contributed by atoms with Gasteiger partial charge in [0.25, 0.3) is 0 Å². The van der Waals surface area contributed by atoms with Crippen molar-refractivity contribution in [3.63, 3.8) is 0 Å². The summed E-state index contributed by atoms with van der Waals surface area (Å²) in [7, 11) is -9.93. The maximum absolute atomic E-state index is 13.2. The monoisotopic (exact) mass is 1580 g/mol. The minimum absolute atomic E-state index is 0.108. The number of phosphoric acid groups is 2. The first-order chi connectivity index (χ1) is 52.4. The quantitative estimate of drug-likeness (QED) is 0.0222. The lowest BCUT2D eigenvalue weighted by atomic mass is 9.99. The van der Waals surface area contributed by atoms with Crippen molar-refractivity contribution in [2.75, 3.05) is 39.6 Å². The van der Waals surface area contributed by atoms with Gasteiger partial charge < -0.3 is 33.8 Å². The first kappa shape index (κ1) is 106. The molecule has 642 valence electrons. The van der Waals surface area contributed by atoms with Crippen LogP contribution in [0.15, 0.2) is 0 Å². The van der Waals surface area contributed by atoms with E-state index in [9.17, 15) is 43.2 Å². The van der Waals surface area contributed by atoms with Gasteiger partial charge in [0.05, 0.1) is 26.4 Å². The van der Waals surface area contributed by atoms with Gasteiger partial charge in [0.2, 0.25) is 0 Å². The third-order valence-electron chi connectivity index (χ3n) is 21.3. The number of ether oxygens (including phenoxy) is 4. The third kappa shape index (κ3) is 80.7. The molecule has 19 heteroatoms. The van der Waals surface area contributed by atoms with Crippen molar-refractivity contribution in [3.05, 3.63) is 0 Å². The van der Waals surface area contributed by atoms with Crippen molar-refractivity contribution in [1.82, 2.24) is 0 Å². The zero-order valence-electron chi connectivity index (χ0n) is 71.2. The summed E-state index contributed by atoms with van der Waals surface area (Å²) in [6.45, 7) is 9.71. The number of phosphoric ester groups is 2. The minimum atomic E-state index is -4.97. The predicted octanol–water partition coefficient (Wildman–Crippen LogP) is 27.4. The van der Waals surface area contributed by atoms with Gasteiger partial charge in [-0.15, -0.1) is 0 Å². The molecule has 3 N–H and O–H groups in total. The molecule has 0 bridgehead atoms. The van der Waals surface area contributed by atoms with Crippen LogP contribution in [0.3, 0.4) is 0 Å². The number of aliphatic hydroxyl groups excluding tert-OH is 1. The fraction of sp³-hybridized carbons (Fsp3) is 0.955. The molecule has 0 saturated heterocycles. The predicted molar refractivity (Wildman–Crippen MR) is 446 cm³/mol. The van der Waals surface area contributed by atoms with Crippen molar-refractivity contribution in [2.24, 2.45) is 11.8 Å². The Labute approximate surface area is 664 Å². The smallest absolute Gasteiger partial charge is 0.462 e. The molecule has 0 amide bonds. The first-order valence-corrected chi connectivity index (χ1v) is 49.0. The van der Waals surface area contributed by atoms with Crippen LogP contribution in [0.1, 0.15) is 478 Å². The highest BCUT2D eigenvalue weighted by Crippen LogP contribution is 2.45. The van der Waals surface area contributed by atoms with E-state index in [1.165, 1.54) is 295 Å². The van der Waals surface area contributed by atoms with Crippen LogP contribution >= 0.6 is 15.6 Å². The molecule has 108 heavy (non-hydrogen) atoms. The molecule has 0 aromatic carbocycles. The maximum Gasteiger partial charge on any atom is 0.472 e. The normalized spacial score (nSPS) is 14.0. The van der Waals surface area contributed by atoms with Gasteiger partial charge in [-0.3, -0.25) is 37.3 Å². The highest BCUT2D eigenvalue weighted by atomic mass is 31.2. The molecule has 6 atom stereocenters. The topological polar surface area (TPSA) is 237 Å². The number of hydrogen-bond acceptors (Lipinski definition) is 15. The van der Waals surface area contributed by atoms with Crippen LogP contribution < -0.4 is 0 Å². The van der Waals surface area contributed by atoms with Gasteiger partial charge in [-0.05, 0) is 37.5 Å². The second kappa shape index (κ2) is 80.3. The fourth-order valence-electron chi connectivity index (χ4n) is 13.9. The van der Waals surface area contributed by atoms with E-state index in [4.69, 9.17) is 37.0 Å². The Morgan fingerprint density at radius 3 is 0.704 bits per heavy atom. The molecule has 0 aromatic heterocycles. The molecule has 0 aliphatic heterocycles. The zero-order valence-corrected chi connectivity index (χ0v) is 73.0. The Morgan fingerprint density at radius 2 is 0.472 bits per heavy atom. The molecule has 0 fully saturated rings. The summed E-state index contributed by atoms with van der Waals surface area (Å²) in [4.78, 5) is 73.3. The Kier molecular flexibility index (Phi) is 78.8. The number of rotatable bonds is 88. The summed E-state index contributed by atoms with van der Waals surface area (Å²) >= 11 is 0. The summed E-state index contributed by atoms with van der Waals surface area (Å²) in [6.07, 6.45) is 73.7. The highest BCUT2D eigenvalue weighted by Gasteiger charge is 2.31. The standard InChI is InChI=1S/C89H174O17P2/c1-7-10-12-14-16-18-20-22-24-26-27-28-29-30-32-34-40-44-48-56-62-68-73-88(93)105-84(77-99-86(91)71-65-59-53-46-42-38-36-35-37-41-45-52-58-64-70-82(6)9-3)79-103-107(95,96)101-75-83(90)76-102-108(97,98)104-80-85(78-100-87(92)72-66-60-54-50-49-51-57-63-69-81(4)5)106-89(94)74-67-61-55-47-43-39-33-31-25-23-21-19-17-15-13-11-8-2/h81-85,90H,7-80H2,1-6H3,(H,95,96)(H,97,98)/t82?,83-,84-,85-/m1/s1. The van der Waals surface area contributed by atoms with Crippen LogP contribution in [0.5, 0.6) is 0 Å². The van der Waals surface area contributed by atoms with Gasteiger partial charge in [0.15, 0.2) is 12.2 Å². The van der Waals surface area contributed by atoms with Crippen molar-refractivity contribution in [3.8, 4) is 0 Å². The van der Waals surface area contributed by atoms with Gasteiger partial charge in [0.1, 0.15) is 19.3 Å². The number of esters is 4. The number of aliphatic hydroxyl groups is 1. The van der Waals surface area contributed by atoms with Gasteiger partial charge in [-0.2, -0.15) is 0 Å². The largest absolute Gasteiger partial charge is 0.472 e. The van der Waals surface area contributed by atoms with E-state index >= 15 is 0 Å². The van der Waals surface area contributed by atoms with Crippen LogP contribution in [0, 0.1) is 11.8 Å². The molecule has 17 nitrogen and oxygen atoms in total. The Bertz CT molecular complexity index is 2070. The third-order valence-corrected chi connectivity index (χ3v) is 23.2. The Morgan fingerprint density at radius 1 is 0.269 bits per heavy atom. The summed E-state index contributed by atoms with van der Waals surface area (Å²) in [5, 5.41) is 10.7. The summed E-state index contributed by atoms with van der Waals surface area (Å²) < 4.78 is 69.0. The van der Waals surface area contributed by atoms with Crippen LogP contribution in [-0.2, 0) is 65.4 Å². The molecule has 0 aliphatic rings. The number of unbranched alkanes of at least 4 members (excludes halogenated alkanes) is 57. The van der Waals surface area contributed by atoms with Gasteiger partial charge >= 0.3 is 39.5 Å². The van der Waals surface area contributed by atoms with Crippen LogP contribution in [0.25, 0.3) is 0 Å². The van der Waals surface area contributed by atoms with E-state index in [0.717, 1.165) is 102 Å². The summed E-state index contributed by atoms with van der Waals surface area (Å²) in [6, 6.07) is 0. The van der Waals surface area contributed by atoms with E-state index in [1.807, 2.05) is 0 Å². The van der Waals surface area contributed by atoms with E-state index in [2.05, 4.69) is 41.5 Å². The number of carbonyl (C=O) groups excluding carboxylic acids is 4. The molecule has 0 radical (unpaired) electrons. The van der Waals surface area contributed by atoms with E-state index in [-0.39, 0.29) is 25.7 Å². The Hall–Kier alpha value is -1.94. The lowest BCUT2D eigenvalue weighted by Gasteiger charge is -2.21. The second-order valence-corrected chi connectivity index (χ2v) is 35.6. The molecule has 0 aromatic rings.